The highest BCUT2D eigenvalue weighted by Crippen LogP contribution is 2.27. The normalized spacial score (nSPS) is 16.8. The van der Waals surface area contributed by atoms with Crippen LogP contribution in [0.3, 0.4) is 0 Å². The van der Waals surface area contributed by atoms with Crippen LogP contribution in [0.15, 0.2) is 28.7 Å². The smallest absolute Gasteiger partial charge is 0.239 e. The Hall–Kier alpha value is -1.15. The molecule has 8 heteroatoms. The van der Waals surface area contributed by atoms with Gasteiger partial charge in [0.1, 0.15) is 5.92 Å². The molecule has 24 heavy (non-hydrogen) atoms. The first-order chi connectivity index (χ1) is 11.1. The Labute approximate surface area is 156 Å². The lowest BCUT2D eigenvalue weighted by atomic mass is 10.1. The van der Waals surface area contributed by atoms with Crippen LogP contribution in [0.1, 0.15) is 6.42 Å². The highest BCUT2D eigenvalue weighted by Gasteiger charge is 2.37. The van der Waals surface area contributed by atoms with Crippen molar-refractivity contribution in [3.63, 3.8) is 0 Å². The summed E-state index contributed by atoms with van der Waals surface area (Å²) in [5.41, 5.74) is 0.820. The lowest BCUT2D eigenvalue weighted by Crippen LogP contribution is -2.39. The number of hydrogen-bond acceptors (Lipinski definition) is 4. The van der Waals surface area contributed by atoms with Gasteiger partial charge >= 0.3 is 0 Å². The molecule has 1 aliphatic rings. The molecule has 1 aliphatic heterocycles. The summed E-state index contributed by atoms with van der Waals surface area (Å²) < 4.78 is 5.84. The zero-order chi connectivity index (χ0) is 16.7. The Morgan fingerprint density at radius 3 is 2.88 bits per heavy atom. The average Bonchev–Trinajstić information content (AvgIpc) is 2.92. The summed E-state index contributed by atoms with van der Waals surface area (Å²) in [6.07, 6.45) is 0.550. The molecule has 1 heterocycles. The first-order valence-electron chi connectivity index (χ1n) is 7.68. The predicted octanol–water partition coefficient (Wildman–Crippen LogP) is 1.58. The topological polar surface area (TPSA) is 70.7 Å². The van der Waals surface area contributed by atoms with Crippen LogP contribution in [-0.4, -0.2) is 51.7 Å². The minimum atomic E-state index is -0.590. The van der Waals surface area contributed by atoms with E-state index < -0.39 is 5.92 Å². The molecule has 1 aromatic rings. The zero-order valence-electron chi connectivity index (χ0n) is 13.6. The molecule has 0 bridgehead atoms. The minimum absolute atomic E-state index is 0. The van der Waals surface area contributed by atoms with Crippen LogP contribution < -0.4 is 15.5 Å². The summed E-state index contributed by atoms with van der Waals surface area (Å²) in [6.45, 7) is 3.11. The van der Waals surface area contributed by atoms with E-state index in [1.807, 2.05) is 24.3 Å². The van der Waals surface area contributed by atoms with E-state index >= 15 is 0 Å². The fraction of sp³-hybridized carbons (Fsp3) is 0.500. The summed E-state index contributed by atoms with van der Waals surface area (Å²) in [7, 11) is 1.65. The number of carbonyl (C=O) groups excluding carboxylic acids is 2. The van der Waals surface area contributed by atoms with Gasteiger partial charge in [0.2, 0.25) is 11.8 Å². The molecule has 0 aliphatic carbocycles. The highest BCUT2D eigenvalue weighted by atomic mass is 79.9. The Morgan fingerprint density at radius 2 is 2.17 bits per heavy atom. The SMILES string of the molecule is COCCNCCNC(=O)C1CCN(c2cccc(Br)c2)C1=O.Cl. The molecule has 1 fully saturated rings. The molecule has 2 rings (SSSR count). The number of carbonyl (C=O) groups is 2. The second kappa shape index (κ2) is 10.7. The van der Waals surface area contributed by atoms with Crippen molar-refractivity contribution >= 4 is 45.8 Å². The third-order valence-corrected chi connectivity index (χ3v) is 4.22. The molecule has 1 saturated heterocycles. The van der Waals surface area contributed by atoms with Crippen molar-refractivity contribution in [2.24, 2.45) is 5.92 Å². The van der Waals surface area contributed by atoms with Crippen LogP contribution in [0.4, 0.5) is 5.69 Å². The largest absolute Gasteiger partial charge is 0.383 e. The number of rotatable bonds is 8. The Kier molecular flexibility index (Phi) is 9.28. The van der Waals surface area contributed by atoms with E-state index in [1.165, 1.54) is 0 Å². The number of anilines is 1. The lowest BCUT2D eigenvalue weighted by Gasteiger charge is -2.17. The molecule has 1 atom stereocenters. The van der Waals surface area contributed by atoms with Gasteiger partial charge in [0.05, 0.1) is 6.61 Å². The molecule has 134 valence electrons. The van der Waals surface area contributed by atoms with Crippen LogP contribution in [0.5, 0.6) is 0 Å². The van der Waals surface area contributed by atoms with Gasteiger partial charge in [0.25, 0.3) is 0 Å². The summed E-state index contributed by atoms with van der Waals surface area (Å²) >= 11 is 3.40. The van der Waals surface area contributed by atoms with Gasteiger partial charge in [0.15, 0.2) is 0 Å². The van der Waals surface area contributed by atoms with Crippen LogP contribution in [-0.2, 0) is 14.3 Å². The van der Waals surface area contributed by atoms with Gasteiger partial charge in [-0.05, 0) is 24.6 Å². The van der Waals surface area contributed by atoms with E-state index in [0.29, 0.717) is 32.7 Å². The standard InChI is InChI=1S/C16H22BrN3O3.ClH/c1-23-10-8-18-6-7-19-15(21)14-5-9-20(16(14)22)13-4-2-3-12(17)11-13;/h2-4,11,14,18H,5-10H2,1H3,(H,19,21);1H. The van der Waals surface area contributed by atoms with Crippen molar-refractivity contribution in [1.82, 2.24) is 10.6 Å². The number of halogens is 2. The maximum atomic E-state index is 12.5. The number of benzene rings is 1. The first-order valence-corrected chi connectivity index (χ1v) is 8.47. The van der Waals surface area contributed by atoms with E-state index in [9.17, 15) is 9.59 Å². The van der Waals surface area contributed by atoms with Crippen LogP contribution in [0.25, 0.3) is 0 Å². The van der Waals surface area contributed by atoms with Crippen molar-refractivity contribution in [2.75, 3.05) is 44.8 Å². The summed E-state index contributed by atoms with van der Waals surface area (Å²) in [5.74, 6) is -0.915. The maximum absolute atomic E-state index is 12.5. The minimum Gasteiger partial charge on any atom is -0.383 e. The second-order valence-corrected chi connectivity index (χ2v) is 6.26. The summed E-state index contributed by atoms with van der Waals surface area (Å²) in [6, 6.07) is 7.55. The predicted molar refractivity (Wildman–Crippen MR) is 99.6 cm³/mol. The first kappa shape index (κ1) is 20.9. The van der Waals surface area contributed by atoms with E-state index in [-0.39, 0.29) is 24.2 Å². The second-order valence-electron chi connectivity index (χ2n) is 5.34. The Bertz CT molecular complexity index is 559. The molecule has 0 saturated carbocycles. The Balaban J connectivity index is 0.00000288. The number of methoxy groups -OCH3 is 1. The van der Waals surface area contributed by atoms with Crippen molar-refractivity contribution in [2.45, 2.75) is 6.42 Å². The van der Waals surface area contributed by atoms with Crippen molar-refractivity contribution < 1.29 is 14.3 Å². The molecule has 6 nitrogen and oxygen atoms in total. The van der Waals surface area contributed by atoms with Crippen LogP contribution in [0, 0.1) is 5.92 Å². The van der Waals surface area contributed by atoms with Gasteiger partial charge in [-0.25, -0.2) is 0 Å². The number of amides is 2. The molecular formula is C16H23BrClN3O3. The van der Waals surface area contributed by atoms with E-state index in [2.05, 4.69) is 26.6 Å². The quantitative estimate of drug-likeness (QED) is 0.495. The van der Waals surface area contributed by atoms with Gasteiger partial charge in [-0.3, -0.25) is 9.59 Å². The fourth-order valence-electron chi connectivity index (χ4n) is 2.52. The molecule has 0 spiro atoms. The van der Waals surface area contributed by atoms with Gasteiger partial charge in [-0.15, -0.1) is 12.4 Å². The molecule has 0 aromatic heterocycles. The monoisotopic (exact) mass is 419 g/mol. The van der Waals surface area contributed by atoms with Crippen molar-refractivity contribution in [1.29, 1.82) is 0 Å². The number of nitrogens with zero attached hydrogens (tertiary/aromatic N) is 1. The van der Waals surface area contributed by atoms with E-state index in [1.54, 1.807) is 12.0 Å². The Morgan fingerprint density at radius 1 is 1.38 bits per heavy atom. The van der Waals surface area contributed by atoms with Gasteiger partial charge in [-0.1, -0.05) is 22.0 Å². The molecule has 1 aromatic carbocycles. The zero-order valence-corrected chi connectivity index (χ0v) is 16.0. The molecule has 1 unspecified atom stereocenters. The molecule has 2 amide bonds. The highest BCUT2D eigenvalue weighted by molar-refractivity contribution is 9.10. The van der Waals surface area contributed by atoms with Crippen LogP contribution in [0.2, 0.25) is 0 Å². The van der Waals surface area contributed by atoms with Gasteiger partial charge in [-0.2, -0.15) is 0 Å². The van der Waals surface area contributed by atoms with Crippen molar-refractivity contribution in [3.05, 3.63) is 28.7 Å². The van der Waals surface area contributed by atoms with Crippen molar-refractivity contribution in [3.8, 4) is 0 Å². The molecule has 0 radical (unpaired) electrons. The molecular weight excluding hydrogens is 398 g/mol. The van der Waals surface area contributed by atoms with E-state index in [4.69, 9.17) is 4.74 Å². The number of hydrogen-bond donors (Lipinski definition) is 2. The van der Waals surface area contributed by atoms with Gasteiger partial charge in [0, 0.05) is 43.4 Å². The third kappa shape index (κ3) is 5.73. The number of ether oxygens (including phenoxy) is 1. The van der Waals surface area contributed by atoms with Gasteiger partial charge < -0.3 is 20.3 Å². The average molecular weight is 421 g/mol. The van der Waals surface area contributed by atoms with Crippen LogP contribution >= 0.6 is 28.3 Å². The summed E-state index contributed by atoms with van der Waals surface area (Å²) in [4.78, 5) is 26.3. The number of nitrogens with one attached hydrogen (secondary N) is 2. The fourth-order valence-corrected chi connectivity index (χ4v) is 2.91. The third-order valence-electron chi connectivity index (χ3n) is 3.73. The molecule has 2 N–H and O–H groups in total. The van der Waals surface area contributed by atoms with E-state index in [0.717, 1.165) is 16.7 Å². The maximum Gasteiger partial charge on any atom is 0.239 e. The summed E-state index contributed by atoms with van der Waals surface area (Å²) in [5, 5.41) is 5.96. The lowest BCUT2D eigenvalue weighted by molar-refractivity contribution is -0.132.